The molecule has 2 saturated heterocycles. The van der Waals surface area contributed by atoms with Gasteiger partial charge in [-0.15, -0.1) is 0 Å². The van der Waals surface area contributed by atoms with Crippen molar-refractivity contribution in [1.29, 1.82) is 0 Å². The molecule has 0 aliphatic carbocycles. The molecule has 4 rings (SSSR count). The van der Waals surface area contributed by atoms with E-state index in [4.69, 9.17) is 0 Å². The number of carbonyl (C=O) groups excluding carboxylic acids is 2. The number of halogens is 1. The Morgan fingerprint density at radius 3 is 2.78 bits per heavy atom. The van der Waals surface area contributed by atoms with Crippen LogP contribution >= 0.6 is 0 Å². The fraction of sp³-hybridized carbons (Fsp3) is 0.350. The summed E-state index contributed by atoms with van der Waals surface area (Å²) in [5, 5.41) is 2.91. The summed E-state index contributed by atoms with van der Waals surface area (Å²) in [5.74, 6) is -0.295. The van der Waals surface area contributed by atoms with Crippen LogP contribution in [0.25, 0.3) is 0 Å². The second-order valence-corrected chi connectivity index (χ2v) is 7.32. The highest BCUT2D eigenvalue weighted by molar-refractivity contribution is 5.96. The number of urea groups is 1. The molecule has 3 amide bonds. The number of benzene rings is 1. The number of aromatic nitrogens is 1. The van der Waals surface area contributed by atoms with Gasteiger partial charge in [-0.25, -0.2) is 9.18 Å². The van der Waals surface area contributed by atoms with Gasteiger partial charge in [-0.1, -0.05) is 6.07 Å². The number of anilines is 1. The quantitative estimate of drug-likeness (QED) is 0.906. The average molecular weight is 368 g/mol. The van der Waals surface area contributed by atoms with Gasteiger partial charge < -0.3 is 15.1 Å². The summed E-state index contributed by atoms with van der Waals surface area (Å²) in [6.07, 6.45) is 4.62. The predicted octanol–water partition coefficient (Wildman–Crippen LogP) is 2.56. The molecule has 1 aromatic carbocycles. The number of rotatable bonds is 3. The molecule has 1 spiro atoms. The molecule has 0 radical (unpaired) electrons. The van der Waals surface area contributed by atoms with Crippen molar-refractivity contribution in [1.82, 2.24) is 15.2 Å². The van der Waals surface area contributed by atoms with E-state index in [1.165, 1.54) is 12.1 Å². The van der Waals surface area contributed by atoms with Crippen LogP contribution in [0.4, 0.5) is 14.9 Å². The van der Waals surface area contributed by atoms with Crippen molar-refractivity contribution in [3.63, 3.8) is 0 Å². The molecule has 2 fully saturated rings. The molecule has 0 saturated carbocycles. The third kappa shape index (κ3) is 3.63. The molecule has 2 aromatic rings. The van der Waals surface area contributed by atoms with Crippen molar-refractivity contribution in [3.05, 3.63) is 60.2 Å². The summed E-state index contributed by atoms with van der Waals surface area (Å²) in [7, 11) is 0. The minimum absolute atomic E-state index is 0.0271. The van der Waals surface area contributed by atoms with Gasteiger partial charge in [0.2, 0.25) is 5.91 Å². The lowest BCUT2D eigenvalue weighted by atomic mass is 9.86. The number of likely N-dealkylation sites (tertiary alicyclic amines) is 1. The Morgan fingerprint density at radius 2 is 2.04 bits per heavy atom. The van der Waals surface area contributed by atoms with Crippen LogP contribution in [0.3, 0.4) is 0 Å². The summed E-state index contributed by atoms with van der Waals surface area (Å²) in [5.41, 5.74) is 1.42. The fourth-order valence-electron chi connectivity index (χ4n) is 3.93. The topological polar surface area (TPSA) is 65.5 Å². The minimum atomic E-state index is -0.322. The van der Waals surface area contributed by atoms with Gasteiger partial charge in [0.1, 0.15) is 5.82 Å². The van der Waals surface area contributed by atoms with E-state index in [-0.39, 0.29) is 23.2 Å². The van der Waals surface area contributed by atoms with E-state index >= 15 is 0 Å². The Kier molecular flexibility index (Phi) is 4.51. The first-order valence-corrected chi connectivity index (χ1v) is 9.02. The van der Waals surface area contributed by atoms with Gasteiger partial charge in [0, 0.05) is 56.1 Å². The molecule has 27 heavy (non-hydrogen) atoms. The second-order valence-electron chi connectivity index (χ2n) is 7.32. The molecule has 0 bridgehead atoms. The molecular weight excluding hydrogens is 347 g/mol. The number of nitrogens with zero attached hydrogens (tertiary/aromatic N) is 3. The molecule has 1 unspecified atom stereocenters. The first-order valence-electron chi connectivity index (χ1n) is 9.02. The number of pyridine rings is 1. The van der Waals surface area contributed by atoms with Crippen LogP contribution in [0.5, 0.6) is 0 Å². The van der Waals surface area contributed by atoms with Gasteiger partial charge in [0.15, 0.2) is 0 Å². The maximum atomic E-state index is 13.1. The monoisotopic (exact) mass is 368 g/mol. The number of hydrogen-bond acceptors (Lipinski definition) is 3. The molecule has 6 nitrogen and oxygen atoms in total. The molecule has 1 N–H and O–H groups in total. The highest BCUT2D eigenvalue weighted by Gasteiger charge is 2.48. The minimum Gasteiger partial charge on any atom is -0.334 e. The van der Waals surface area contributed by atoms with Gasteiger partial charge in [-0.2, -0.15) is 0 Å². The third-order valence-corrected chi connectivity index (χ3v) is 5.35. The highest BCUT2D eigenvalue weighted by Crippen LogP contribution is 2.41. The highest BCUT2D eigenvalue weighted by atomic mass is 19.1. The predicted molar refractivity (Wildman–Crippen MR) is 98.5 cm³/mol. The van der Waals surface area contributed by atoms with Crippen molar-refractivity contribution in [2.45, 2.75) is 19.4 Å². The fourth-order valence-corrected chi connectivity index (χ4v) is 3.93. The van der Waals surface area contributed by atoms with Crippen molar-refractivity contribution in [2.24, 2.45) is 5.41 Å². The third-order valence-electron chi connectivity index (χ3n) is 5.35. The van der Waals surface area contributed by atoms with E-state index in [2.05, 4.69) is 10.3 Å². The molecule has 2 aliphatic rings. The van der Waals surface area contributed by atoms with E-state index in [0.29, 0.717) is 38.3 Å². The zero-order valence-corrected chi connectivity index (χ0v) is 14.9. The van der Waals surface area contributed by atoms with Crippen molar-refractivity contribution in [2.75, 3.05) is 24.5 Å². The zero-order chi connectivity index (χ0) is 18.9. The first kappa shape index (κ1) is 17.5. The number of amides is 3. The van der Waals surface area contributed by atoms with Gasteiger partial charge in [0.05, 0.1) is 0 Å². The standard InChI is InChI=1S/C20H21FN4O2/c21-16-3-5-17(6-4-16)25-14-20(10-18(25)26)7-9-24(13-20)19(27)23-12-15-2-1-8-22-11-15/h1-6,8,11H,7,9-10,12-14H2,(H,23,27). The summed E-state index contributed by atoms with van der Waals surface area (Å²) < 4.78 is 13.1. The normalized spacial score (nSPS) is 21.9. The van der Waals surface area contributed by atoms with Crippen LogP contribution in [0.1, 0.15) is 18.4 Å². The summed E-state index contributed by atoms with van der Waals surface area (Å²) in [6, 6.07) is 9.60. The lowest BCUT2D eigenvalue weighted by molar-refractivity contribution is -0.117. The Morgan fingerprint density at radius 1 is 1.22 bits per heavy atom. The maximum Gasteiger partial charge on any atom is 0.317 e. The van der Waals surface area contributed by atoms with Crippen molar-refractivity contribution >= 4 is 17.6 Å². The Hall–Kier alpha value is -2.96. The average Bonchev–Trinajstić information content (AvgIpc) is 3.24. The van der Waals surface area contributed by atoms with Crippen LogP contribution < -0.4 is 10.2 Å². The van der Waals surface area contributed by atoms with Crippen molar-refractivity contribution in [3.8, 4) is 0 Å². The Bertz CT molecular complexity index is 843. The van der Waals surface area contributed by atoms with Crippen LogP contribution in [0.2, 0.25) is 0 Å². The van der Waals surface area contributed by atoms with E-state index in [9.17, 15) is 14.0 Å². The van der Waals surface area contributed by atoms with Gasteiger partial charge in [-0.05, 0) is 42.3 Å². The lowest BCUT2D eigenvalue weighted by Crippen LogP contribution is -2.40. The van der Waals surface area contributed by atoms with Crippen LogP contribution in [0.15, 0.2) is 48.8 Å². The van der Waals surface area contributed by atoms with Crippen molar-refractivity contribution < 1.29 is 14.0 Å². The first-order chi connectivity index (χ1) is 13.0. The van der Waals surface area contributed by atoms with Crippen LogP contribution in [0, 0.1) is 11.2 Å². The second kappa shape index (κ2) is 6.98. The van der Waals surface area contributed by atoms with Gasteiger partial charge in [-0.3, -0.25) is 9.78 Å². The zero-order valence-electron chi connectivity index (χ0n) is 14.9. The van der Waals surface area contributed by atoms with E-state index in [1.54, 1.807) is 34.3 Å². The molecule has 1 aromatic heterocycles. The smallest absolute Gasteiger partial charge is 0.317 e. The molecule has 7 heteroatoms. The summed E-state index contributed by atoms with van der Waals surface area (Å²) in [4.78, 5) is 32.5. The Labute approximate surface area is 157 Å². The maximum absolute atomic E-state index is 13.1. The van der Waals surface area contributed by atoms with Gasteiger partial charge in [0.25, 0.3) is 0 Å². The summed E-state index contributed by atoms with van der Waals surface area (Å²) >= 11 is 0. The molecule has 140 valence electrons. The number of nitrogens with one attached hydrogen (secondary N) is 1. The molecule has 1 atom stereocenters. The molecule has 3 heterocycles. The number of carbonyl (C=O) groups is 2. The molecular formula is C20H21FN4O2. The number of hydrogen-bond donors (Lipinski definition) is 1. The molecule has 2 aliphatic heterocycles. The Balaban J connectivity index is 1.37. The van der Waals surface area contributed by atoms with Crippen LogP contribution in [-0.2, 0) is 11.3 Å². The van der Waals surface area contributed by atoms with E-state index < -0.39 is 0 Å². The van der Waals surface area contributed by atoms with Crippen LogP contribution in [-0.4, -0.2) is 41.5 Å². The summed E-state index contributed by atoms with van der Waals surface area (Å²) in [6.45, 7) is 2.17. The van der Waals surface area contributed by atoms with E-state index in [1.807, 2.05) is 12.1 Å². The SMILES string of the molecule is O=C(NCc1cccnc1)N1CCC2(CC(=O)N(c3ccc(F)cc3)C2)C1. The van der Waals surface area contributed by atoms with Gasteiger partial charge >= 0.3 is 6.03 Å². The largest absolute Gasteiger partial charge is 0.334 e. The lowest BCUT2D eigenvalue weighted by Gasteiger charge is -2.24. The van der Waals surface area contributed by atoms with E-state index in [0.717, 1.165) is 12.0 Å².